The molecule has 0 bridgehead atoms. The number of benzene rings is 3. The Morgan fingerprint density at radius 3 is 1.47 bits per heavy atom. The van der Waals surface area contributed by atoms with Gasteiger partial charge in [0.2, 0.25) is 0 Å². The van der Waals surface area contributed by atoms with E-state index in [0.717, 1.165) is 34.1 Å². The molecule has 0 atom stereocenters. The van der Waals surface area contributed by atoms with Crippen LogP contribution in [-0.4, -0.2) is 25.3 Å². The third-order valence-corrected chi connectivity index (χ3v) is 7.30. The van der Waals surface area contributed by atoms with Crippen molar-refractivity contribution < 1.29 is 4.74 Å². The van der Waals surface area contributed by atoms with Crippen molar-refractivity contribution in [1.29, 1.82) is 0 Å². The minimum atomic E-state index is -0.571. The van der Waals surface area contributed by atoms with Crippen molar-refractivity contribution in [2.75, 3.05) is 6.61 Å². The monoisotopic (exact) mass is 508 g/mol. The number of nitrogens with zero attached hydrogens (tertiary/aromatic N) is 4. The van der Waals surface area contributed by atoms with Gasteiger partial charge in [0.15, 0.2) is 0 Å². The molecule has 0 N–H and O–H groups in total. The molecular formula is C31H32N4O3. The van der Waals surface area contributed by atoms with E-state index in [0.29, 0.717) is 17.7 Å². The molecule has 0 aliphatic heterocycles. The fraction of sp³-hybridized carbons (Fsp3) is 0.226. The average Bonchev–Trinajstić information content (AvgIpc) is 3.29. The SMILES string of the molecule is CCOc1ccc(C(c2c(C)n(C)n(-c3ccccc3)c2=O)c2c(C)n(C)n(-c3ccccc3)c2=O)cc1. The molecule has 7 nitrogen and oxygen atoms in total. The van der Waals surface area contributed by atoms with Gasteiger partial charge in [-0.15, -0.1) is 0 Å². The number of para-hydroxylation sites is 2. The molecule has 7 heteroatoms. The standard InChI is InChI=1S/C31H32N4O3/c1-6-38-26-19-17-23(18-20-26)29(27-21(2)32(4)34(30(27)36)24-13-9-7-10-14-24)28-22(3)33(5)35(31(28)37)25-15-11-8-12-16-25/h7-20,29H,6H2,1-5H3. The number of ether oxygens (including phenoxy) is 1. The second kappa shape index (κ2) is 10.1. The van der Waals surface area contributed by atoms with Crippen molar-refractivity contribution in [2.24, 2.45) is 14.1 Å². The Morgan fingerprint density at radius 1 is 0.658 bits per heavy atom. The first kappa shape index (κ1) is 25.1. The van der Waals surface area contributed by atoms with E-state index in [-0.39, 0.29) is 11.1 Å². The van der Waals surface area contributed by atoms with Gasteiger partial charge in [-0.3, -0.25) is 19.0 Å². The molecule has 5 rings (SSSR count). The predicted octanol–water partition coefficient (Wildman–Crippen LogP) is 4.86. The maximum absolute atomic E-state index is 14.2. The van der Waals surface area contributed by atoms with E-state index in [1.807, 2.05) is 129 Å². The highest BCUT2D eigenvalue weighted by Crippen LogP contribution is 2.34. The van der Waals surface area contributed by atoms with Crippen LogP contribution in [0.15, 0.2) is 94.5 Å². The van der Waals surface area contributed by atoms with Crippen molar-refractivity contribution in [3.63, 3.8) is 0 Å². The zero-order chi connectivity index (χ0) is 27.0. The third kappa shape index (κ3) is 4.10. The summed E-state index contributed by atoms with van der Waals surface area (Å²) in [6, 6.07) is 26.8. The highest BCUT2D eigenvalue weighted by molar-refractivity contribution is 5.49. The van der Waals surface area contributed by atoms with Crippen LogP contribution in [0.4, 0.5) is 0 Å². The third-order valence-electron chi connectivity index (χ3n) is 7.30. The molecule has 0 amide bonds. The van der Waals surface area contributed by atoms with E-state index in [9.17, 15) is 9.59 Å². The molecule has 0 radical (unpaired) electrons. The summed E-state index contributed by atoms with van der Waals surface area (Å²) >= 11 is 0. The maximum atomic E-state index is 14.2. The predicted molar refractivity (Wildman–Crippen MR) is 150 cm³/mol. The van der Waals surface area contributed by atoms with Crippen LogP contribution >= 0.6 is 0 Å². The molecule has 5 aromatic rings. The Bertz CT molecular complexity index is 1590. The first-order chi connectivity index (χ1) is 18.3. The Labute approximate surface area is 221 Å². The summed E-state index contributed by atoms with van der Waals surface area (Å²) in [6.45, 7) is 6.37. The van der Waals surface area contributed by atoms with Gasteiger partial charge < -0.3 is 4.74 Å². The van der Waals surface area contributed by atoms with Crippen molar-refractivity contribution in [3.05, 3.63) is 134 Å². The van der Waals surface area contributed by atoms with Gasteiger partial charge in [-0.05, 0) is 62.7 Å². The molecular weight excluding hydrogens is 476 g/mol. The van der Waals surface area contributed by atoms with Crippen LogP contribution in [0.1, 0.15) is 40.9 Å². The van der Waals surface area contributed by atoms with E-state index in [1.165, 1.54) is 0 Å². The first-order valence-electron chi connectivity index (χ1n) is 12.8. The van der Waals surface area contributed by atoms with Crippen LogP contribution in [0, 0.1) is 13.8 Å². The average molecular weight is 509 g/mol. The van der Waals surface area contributed by atoms with E-state index in [4.69, 9.17) is 4.74 Å². The summed E-state index contributed by atoms with van der Waals surface area (Å²) in [6.07, 6.45) is 0. The molecule has 0 fully saturated rings. The molecule has 0 spiro atoms. The molecule has 0 aliphatic rings. The Balaban J connectivity index is 1.81. The zero-order valence-electron chi connectivity index (χ0n) is 22.4. The highest BCUT2D eigenvalue weighted by Gasteiger charge is 2.32. The molecule has 0 saturated carbocycles. The van der Waals surface area contributed by atoms with Gasteiger partial charge >= 0.3 is 0 Å². The smallest absolute Gasteiger partial charge is 0.275 e. The van der Waals surface area contributed by atoms with Crippen LogP contribution in [0.3, 0.4) is 0 Å². The lowest BCUT2D eigenvalue weighted by Gasteiger charge is -2.17. The number of hydrogen-bond acceptors (Lipinski definition) is 3. The second-order valence-corrected chi connectivity index (χ2v) is 9.39. The quantitative estimate of drug-likeness (QED) is 0.315. The van der Waals surface area contributed by atoms with E-state index >= 15 is 0 Å². The number of rotatable bonds is 7. The lowest BCUT2D eigenvalue weighted by Crippen LogP contribution is -2.26. The Morgan fingerprint density at radius 2 is 1.08 bits per heavy atom. The topological polar surface area (TPSA) is 63.1 Å². The molecule has 2 aromatic heterocycles. The van der Waals surface area contributed by atoms with Gasteiger partial charge in [0, 0.05) is 31.4 Å². The largest absolute Gasteiger partial charge is 0.494 e. The molecule has 0 unspecified atom stereocenters. The minimum Gasteiger partial charge on any atom is -0.494 e. The van der Waals surface area contributed by atoms with E-state index in [1.54, 1.807) is 9.36 Å². The maximum Gasteiger partial charge on any atom is 0.275 e. The van der Waals surface area contributed by atoms with Gasteiger partial charge in [0.05, 0.1) is 29.1 Å². The summed E-state index contributed by atoms with van der Waals surface area (Å²) < 4.78 is 12.7. The van der Waals surface area contributed by atoms with Gasteiger partial charge in [0.25, 0.3) is 11.1 Å². The van der Waals surface area contributed by atoms with Crippen LogP contribution in [-0.2, 0) is 14.1 Å². The summed E-state index contributed by atoms with van der Waals surface area (Å²) in [5, 5.41) is 0. The fourth-order valence-corrected chi connectivity index (χ4v) is 5.24. The van der Waals surface area contributed by atoms with Gasteiger partial charge in [-0.1, -0.05) is 48.5 Å². The van der Waals surface area contributed by atoms with Gasteiger partial charge in [-0.25, -0.2) is 9.36 Å². The lowest BCUT2D eigenvalue weighted by molar-refractivity contribution is 0.340. The summed E-state index contributed by atoms with van der Waals surface area (Å²) in [7, 11) is 3.76. The first-order valence-corrected chi connectivity index (χ1v) is 12.8. The number of aromatic nitrogens is 4. The summed E-state index contributed by atoms with van der Waals surface area (Å²) in [5.74, 6) is 0.172. The Hall–Kier alpha value is -4.52. The normalized spacial score (nSPS) is 11.3. The highest BCUT2D eigenvalue weighted by atomic mass is 16.5. The van der Waals surface area contributed by atoms with Crippen LogP contribution in [0.5, 0.6) is 5.75 Å². The lowest BCUT2D eigenvalue weighted by atomic mass is 9.85. The Kier molecular flexibility index (Phi) is 6.68. The number of hydrogen-bond donors (Lipinski definition) is 0. The van der Waals surface area contributed by atoms with Crippen molar-refractivity contribution in [3.8, 4) is 17.1 Å². The molecule has 2 heterocycles. The van der Waals surface area contributed by atoms with E-state index in [2.05, 4.69) is 0 Å². The van der Waals surface area contributed by atoms with Gasteiger partial charge in [-0.2, -0.15) is 0 Å². The molecule has 38 heavy (non-hydrogen) atoms. The molecule has 194 valence electrons. The van der Waals surface area contributed by atoms with Crippen molar-refractivity contribution in [1.82, 2.24) is 18.7 Å². The van der Waals surface area contributed by atoms with E-state index < -0.39 is 5.92 Å². The van der Waals surface area contributed by atoms with Crippen LogP contribution in [0.25, 0.3) is 11.4 Å². The van der Waals surface area contributed by atoms with Crippen LogP contribution < -0.4 is 15.9 Å². The summed E-state index contributed by atoms with van der Waals surface area (Å²) in [4.78, 5) is 28.3. The minimum absolute atomic E-state index is 0.149. The summed E-state index contributed by atoms with van der Waals surface area (Å²) in [5.41, 5.74) is 4.84. The second-order valence-electron chi connectivity index (χ2n) is 9.39. The molecule has 0 aliphatic carbocycles. The molecule has 0 saturated heterocycles. The van der Waals surface area contributed by atoms with Crippen LogP contribution in [0.2, 0.25) is 0 Å². The van der Waals surface area contributed by atoms with Crippen molar-refractivity contribution in [2.45, 2.75) is 26.7 Å². The van der Waals surface area contributed by atoms with Gasteiger partial charge in [0.1, 0.15) is 5.75 Å². The fourth-order valence-electron chi connectivity index (χ4n) is 5.24. The zero-order valence-corrected chi connectivity index (χ0v) is 22.4. The molecule has 3 aromatic carbocycles. The van der Waals surface area contributed by atoms with Crippen molar-refractivity contribution >= 4 is 0 Å².